The van der Waals surface area contributed by atoms with Crippen molar-refractivity contribution in [1.29, 1.82) is 0 Å². The van der Waals surface area contributed by atoms with Crippen LogP contribution >= 0.6 is 0 Å². The molecule has 0 spiro atoms. The number of methoxy groups -OCH3 is 1. The molecule has 142 valence electrons. The number of fused-ring (bicyclic) bond motifs is 2. The number of hydrogen-bond acceptors (Lipinski definition) is 6. The Kier molecular flexibility index (Phi) is 4.43. The predicted molar refractivity (Wildman–Crippen MR) is 105 cm³/mol. The van der Waals surface area contributed by atoms with Crippen LogP contribution in [0.3, 0.4) is 0 Å². The number of carbonyl (C=O) groups excluding carboxylic acids is 2. The summed E-state index contributed by atoms with van der Waals surface area (Å²) in [7, 11) is 1.54. The molecule has 0 bridgehead atoms. The number of anilines is 1. The number of nitrogens with zero attached hydrogens (tertiary/aromatic N) is 3. The Morgan fingerprint density at radius 1 is 1.14 bits per heavy atom. The van der Waals surface area contributed by atoms with Gasteiger partial charge in [-0.2, -0.15) is 0 Å². The third-order valence-corrected chi connectivity index (χ3v) is 4.91. The van der Waals surface area contributed by atoms with E-state index in [2.05, 4.69) is 9.97 Å². The summed E-state index contributed by atoms with van der Waals surface area (Å²) in [4.78, 5) is 35.0. The summed E-state index contributed by atoms with van der Waals surface area (Å²) in [5.74, 6) is 0.331. The van der Waals surface area contributed by atoms with Gasteiger partial charge >= 0.3 is 0 Å². The number of nitrogens with two attached hydrogens (primary N) is 1. The first kappa shape index (κ1) is 17.9. The van der Waals surface area contributed by atoms with Crippen molar-refractivity contribution in [2.75, 3.05) is 19.4 Å². The lowest BCUT2D eigenvalue weighted by atomic mass is 10.0. The standard InChI is InChI=1S/C21H20N4O3/c1-12(11-25-20(26)15-5-3-4-6-16(15)21(25)27)9-14-10-13-7-8-23-19(28-2)17(13)18(22)24-14/h3-8,10,12H,9,11H2,1-2H3,(H2,22,24). The first-order valence-corrected chi connectivity index (χ1v) is 9.03. The predicted octanol–water partition coefficient (Wildman–Crippen LogP) is 2.70. The van der Waals surface area contributed by atoms with Crippen LogP contribution in [0.25, 0.3) is 10.8 Å². The molecule has 28 heavy (non-hydrogen) atoms. The molecular formula is C21H20N4O3. The molecule has 2 amide bonds. The zero-order valence-corrected chi connectivity index (χ0v) is 15.7. The number of rotatable bonds is 5. The van der Waals surface area contributed by atoms with Gasteiger partial charge in [0.1, 0.15) is 5.82 Å². The number of ether oxygens (including phenoxy) is 1. The minimum atomic E-state index is -0.241. The highest BCUT2D eigenvalue weighted by Crippen LogP contribution is 2.29. The van der Waals surface area contributed by atoms with Crippen molar-refractivity contribution < 1.29 is 14.3 Å². The van der Waals surface area contributed by atoms with Crippen LogP contribution in [0.15, 0.2) is 42.6 Å². The maximum atomic E-state index is 12.5. The fourth-order valence-corrected chi connectivity index (χ4v) is 3.65. The van der Waals surface area contributed by atoms with E-state index in [1.54, 1.807) is 37.6 Å². The highest BCUT2D eigenvalue weighted by Gasteiger charge is 2.35. The molecule has 0 radical (unpaired) electrons. The van der Waals surface area contributed by atoms with Gasteiger partial charge < -0.3 is 10.5 Å². The van der Waals surface area contributed by atoms with Gasteiger partial charge in [-0.15, -0.1) is 0 Å². The maximum absolute atomic E-state index is 12.5. The van der Waals surface area contributed by atoms with Gasteiger partial charge in [0.25, 0.3) is 11.8 Å². The smallest absolute Gasteiger partial charge is 0.261 e. The van der Waals surface area contributed by atoms with Crippen molar-refractivity contribution in [3.05, 3.63) is 59.4 Å². The van der Waals surface area contributed by atoms with Crippen LogP contribution in [0.2, 0.25) is 0 Å². The molecule has 4 rings (SSSR count). The van der Waals surface area contributed by atoms with Gasteiger partial charge in [-0.05, 0) is 42.0 Å². The summed E-state index contributed by atoms with van der Waals surface area (Å²) in [6, 6.07) is 10.7. The van der Waals surface area contributed by atoms with Crippen LogP contribution in [0.5, 0.6) is 5.88 Å². The minimum absolute atomic E-state index is 0.0234. The van der Waals surface area contributed by atoms with Gasteiger partial charge in [-0.3, -0.25) is 14.5 Å². The summed E-state index contributed by atoms with van der Waals surface area (Å²) >= 11 is 0. The lowest BCUT2D eigenvalue weighted by Crippen LogP contribution is -2.34. The molecule has 1 atom stereocenters. The van der Waals surface area contributed by atoms with E-state index in [0.717, 1.165) is 11.1 Å². The third kappa shape index (κ3) is 2.94. The van der Waals surface area contributed by atoms with Gasteiger partial charge in [0.15, 0.2) is 0 Å². The molecule has 1 aliphatic rings. The van der Waals surface area contributed by atoms with Crippen LogP contribution in [0.4, 0.5) is 5.82 Å². The number of pyridine rings is 2. The Bertz CT molecular complexity index is 1060. The maximum Gasteiger partial charge on any atom is 0.261 e. The molecule has 0 saturated heterocycles. The normalized spacial score (nSPS) is 14.4. The minimum Gasteiger partial charge on any atom is -0.480 e. The molecule has 7 heteroatoms. The van der Waals surface area contributed by atoms with Crippen molar-refractivity contribution in [3.8, 4) is 5.88 Å². The van der Waals surface area contributed by atoms with Crippen molar-refractivity contribution in [2.45, 2.75) is 13.3 Å². The second-order valence-electron chi connectivity index (χ2n) is 6.99. The van der Waals surface area contributed by atoms with Crippen molar-refractivity contribution in [3.63, 3.8) is 0 Å². The molecule has 3 heterocycles. The van der Waals surface area contributed by atoms with E-state index in [4.69, 9.17) is 10.5 Å². The Balaban J connectivity index is 1.54. The second-order valence-corrected chi connectivity index (χ2v) is 6.99. The van der Waals surface area contributed by atoms with E-state index >= 15 is 0 Å². The van der Waals surface area contributed by atoms with E-state index in [1.807, 2.05) is 19.1 Å². The van der Waals surface area contributed by atoms with Gasteiger partial charge in [-0.1, -0.05) is 19.1 Å². The lowest BCUT2D eigenvalue weighted by Gasteiger charge is -2.19. The van der Waals surface area contributed by atoms with Crippen molar-refractivity contribution >= 4 is 28.4 Å². The lowest BCUT2D eigenvalue weighted by molar-refractivity contribution is 0.0632. The molecule has 1 aromatic carbocycles. The van der Waals surface area contributed by atoms with Crippen molar-refractivity contribution in [2.24, 2.45) is 5.92 Å². The quantitative estimate of drug-likeness (QED) is 0.688. The number of amides is 2. The molecule has 1 aliphatic heterocycles. The number of hydrogen-bond donors (Lipinski definition) is 1. The van der Waals surface area contributed by atoms with Crippen LogP contribution in [0, 0.1) is 5.92 Å². The Morgan fingerprint density at radius 3 is 2.46 bits per heavy atom. The zero-order valence-electron chi connectivity index (χ0n) is 15.7. The monoisotopic (exact) mass is 376 g/mol. The van der Waals surface area contributed by atoms with Crippen LogP contribution in [0.1, 0.15) is 33.3 Å². The molecule has 7 nitrogen and oxygen atoms in total. The Hall–Kier alpha value is -3.48. The molecule has 0 saturated carbocycles. The van der Waals surface area contributed by atoms with E-state index in [1.165, 1.54) is 4.90 Å². The third-order valence-electron chi connectivity index (χ3n) is 4.91. The summed E-state index contributed by atoms with van der Waals surface area (Å²) in [6.45, 7) is 2.31. The van der Waals surface area contributed by atoms with Gasteiger partial charge in [-0.25, -0.2) is 9.97 Å². The number of benzene rings is 1. The van der Waals surface area contributed by atoms with Crippen molar-refractivity contribution in [1.82, 2.24) is 14.9 Å². The van der Waals surface area contributed by atoms with E-state index in [9.17, 15) is 9.59 Å². The fourth-order valence-electron chi connectivity index (χ4n) is 3.65. The highest BCUT2D eigenvalue weighted by atomic mass is 16.5. The highest BCUT2D eigenvalue weighted by molar-refractivity contribution is 6.21. The summed E-state index contributed by atoms with van der Waals surface area (Å²) in [6.07, 6.45) is 2.24. The summed E-state index contributed by atoms with van der Waals surface area (Å²) in [5, 5.41) is 1.57. The van der Waals surface area contributed by atoms with Gasteiger partial charge in [0.2, 0.25) is 5.88 Å². The number of nitrogen functional groups attached to an aromatic ring is 1. The molecular weight excluding hydrogens is 356 g/mol. The molecule has 3 aromatic rings. The largest absolute Gasteiger partial charge is 0.480 e. The Morgan fingerprint density at radius 2 is 1.82 bits per heavy atom. The zero-order chi connectivity index (χ0) is 19.8. The molecule has 2 N–H and O–H groups in total. The van der Waals surface area contributed by atoms with Crippen LogP contribution < -0.4 is 10.5 Å². The molecule has 0 fully saturated rings. The molecule has 1 unspecified atom stereocenters. The first-order valence-electron chi connectivity index (χ1n) is 9.03. The van der Waals surface area contributed by atoms with E-state index < -0.39 is 0 Å². The molecule has 0 aliphatic carbocycles. The van der Waals surface area contributed by atoms with E-state index in [0.29, 0.717) is 41.2 Å². The van der Waals surface area contributed by atoms with Gasteiger partial charge in [0.05, 0.1) is 23.6 Å². The van der Waals surface area contributed by atoms with E-state index in [-0.39, 0.29) is 17.7 Å². The molecule has 2 aromatic heterocycles. The first-order chi connectivity index (χ1) is 13.5. The average Bonchev–Trinajstić information content (AvgIpc) is 2.92. The van der Waals surface area contributed by atoms with Crippen LogP contribution in [-0.4, -0.2) is 40.3 Å². The average molecular weight is 376 g/mol. The number of imide groups is 1. The summed E-state index contributed by atoms with van der Waals surface area (Å²) in [5.41, 5.74) is 7.85. The topological polar surface area (TPSA) is 98.4 Å². The SMILES string of the molecule is COc1nccc2cc(CC(C)CN3C(=O)c4ccccc4C3=O)nc(N)c12. The fraction of sp³-hybridized carbons (Fsp3) is 0.238. The number of carbonyl (C=O) groups is 2. The summed E-state index contributed by atoms with van der Waals surface area (Å²) < 4.78 is 5.26. The Labute approximate surface area is 162 Å². The second kappa shape index (κ2) is 6.92. The van der Waals surface area contributed by atoms with Gasteiger partial charge in [0, 0.05) is 18.4 Å². The van der Waals surface area contributed by atoms with Crippen LogP contribution in [-0.2, 0) is 6.42 Å². The number of aromatic nitrogens is 2.